The first-order valence-electron chi connectivity index (χ1n) is 5.51. The summed E-state index contributed by atoms with van der Waals surface area (Å²) in [5.41, 5.74) is 9.95. The maximum Gasteiger partial charge on any atom is 0.367 e. The predicted molar refractivity (Wildman–Crippen MR) is 58.2 cm³/mol. The van der Waals surface area contributed by atoms with E-state index in [4.69, 9.17) is 5.73 Å². The van der Waals surface area contributed by atoms with Gasteiger partial charge in [-0.25, -0.2) is 5.43 Å². The van der Waals surface area contributed by atoms with E-state index in [2.05, 4.69) is 9.82 Å². The molecule has 0 saturated carbocycles. The molecular weight excluding hydrogens is 288 g/mol. The largest absolute Gasteiger partial charge is 0.380 e. The summed E-state index contributed by atoms with van der Waals surface area (Å²) in [6.07, 6.45) is 4.62. The number of nitrogens with zero attached hydrogens (tertiary/aromatic N) is 2. The molecule has 0 bridgehead atoms. The Balaban J connectivity index is 2.17. The van der Waals surface area contributed by atoms with E-state index in [1.54, 1.807) is 18.3 Å². The van der Waals surface area contributed by atoms with Gasteiger partial charge in [0.25, 0.3) is 0 Å². The van der Waals surface area contributed by atoms with Crippen molar-refractivity contribution in [2.24, 2.45) is 5.73 Å². The van der Waals surface area contributed by atoms with Crippen molar-refractivity contribution in [1.29, 1.82) is 0 Å². The van der Waals surface area contributed by atoms with Crippen molar-refractivity contribution < 1.29 is 33.3 Å². The molecule has 1 aromatic rings. The van der Waals surface area contributed by atoms with Gasteiger partial charge in [0.2, 0.25) is 0 Å². The summed E-state index contributed by atoms with van der Waals surface area (Å²) in [7, 11) is -4.64. The van der Waals surface area contributed by atoms with Gasteiger partial charge in [-0.15, -0.1) is 5.01 Å². The molecule has 0 fully saturated rings. The van der Waals surface area contributed by atoms with Crippen LogP contribution in [-0.4, -0.2) is 15.6 Å². The van der Waals surface area contributed by atoms with E-state index in [1.807, 2.05) is 18.2 Å². The summed E-state index contributed by atoms with van der Waals surface area (Å²) in [5.74, 6) is 0.445. The number of benzene rings is 1. The van der Waals surface area contributed by atoms with Crippen LogP contribution in [0.1, 0.15) is 11.1 Å². The molecule has 2 aliphatic heterocycles. The van der Waals surface area contributed by atoms with Gasteiger partial charge < -0.3 is 5.73 Å². The Morgan fingerprint density at radius 3 is 2.75 bits per heavy atom. The third kappa shape index (κ3) is 2.28. The van der Waals surface area contributed by atoms with Gasteiger partial charge in [0, 0.05) is 0 Å². The Morgan fingerprint density at radius 2 is 2.00 bits per heavy atom. The number of halogens is 1. The number of nitrogens with two attached hydrogens (primary N) is 1. The second-order valence-corrected chi connectivity index (χ2v) is 4.96. The predicted octanol–water partition coefficient (Wildman–Crippen LogP) is -3.16. The Labute approximate surface area is 116 Å². The molecule has 104 valence electrons. The van der Waals surface area contributed by atoms with Crippen LogP contribution in [0, 0.1) is 10.2 Å². The lowest BCUT2D eigenvalue weighted by Crippen LogP contribution is -2.63. The van der Waals surface area contributed by atoms with E-state index in [9.17, 15) is 14.0 Å². The van der Waals surface area contributed by atoms with Crippen molar-refractivity contribution >= 4 is 11.9 Å². The molecule has 0 aliphatic carbocycles. The lowest BCUT2D eigenvalue weighted by Gasteiger charge is -2.23. The number of rotatable bonds is 2. The van der Waals surface area contributed by atoms with Crippen molar-refractivity contribution in [3.05, 3.63) is 53.6 Å². The SMILES string of the molecule is NC1=C[N+](O[Cl+3]([O-])([O-])[O-])=C2c3ccccc3C=CN2N1. The Morgan fingerprint density at radius 1 is 1.25 bits per heavy atom. The molecule has 2 aliphatic rings. The molecule has 0 amide bonds. The summed E-state index contributed by atoms with van der Waals surface area (Å²) in [6.45, 7) is 0. The highest BCUT2D eigenvalue weighted by molar-refractivity contribution is 6.01. The number of nitrogens with one attached hydrogen (secondary N) is 1. The van der Waals surface area contributed by atoms with Crippen LogP contribution in [-0.2, 0) is 4.39 Å². The number of amidine groups is 1. The minimum Gasteiger partial charge on any atom is -0.380 e. The third-order valence-electron chi connectivity index (χ3n) is 2.71. The normalized spacial score (nSPS) is 17.1. The van der Waals surface area contributed by atoms with Crippen LogP contribution in [0.4, 0.5) is 0 Å². The first-order chi connectivity index (χ1) is 9.44. The molecule has 0 spiro atoms. The fourth-order valence-electron chi connectivity index (χ4n) is 2.02. The highest BCUT2D eigenvalue weighted by Crippen LogP contribution is 2.21. The fraction of sp³-hybridized carbons (Fsp3) is 0. The topological polar surface area (TPSA) is 123 Å². The molecule has 3 N–H and O–H groups in total. The zero-order chi connectivity index (χ0) is 14.3. The number of hydroxylamine groups is 1. The van der Waals surface area contributed by atoms with Crippen LogP contribution in [0.3, 0.4) is 0 Å². The van der Waals surface area contributed by atoms with E-state index in [1.165, 1.54) is 11.2 Å². The average Bonchev–Trinajstić information content (AvgIpc) is 2.35. The monoisotopic (exact) mass is 297 g/mol. The van der Waals surface area contributed by atoms with E-state index in [-0.39, 0.29) is 5.82 Å². The Hall–Kier alpha value is -2.26. The number of hydrazine groups is 1. The Kier molecular flexibility index (Phi) is 2.80. The molecule has 0 unspecified atom stereocenters. The minimum absolute atomic E-state index is 0.122. The standard InChI is InChI=1S/C11H10ClN4O4/c13-10-7-16(20-12(17,18)19)11-9-4-2-1-3-8(9)5-6-15(11)14-10/h1-7,14H,13H2/q+1. The molecule has 9 heteroatoms. The second-order valence-electron chi connectivity index (χ2n) is 4.07. The fourth-order valence-corrected chi connectivity index (χ4v) is 2.30. The number of hydrogen-bond acceptors (Lipinski definition) is 7. The van der Waals surface area contributed by atoms with E-state index in [0.717, 1.165) is 10.3 Å². The first-order valence-corrected chi connectivity index (χ1v) is 6.75. The van der Waals surface area contributed by atoms with E-state index in [0.29, 0.717) is 11.4 Å². The molecule has 1 aromatic carbocycles. The maximum atomic E-state index is 10.8. The maximum absolute atomic E-state index is 10.8. The molecular formula is C11H10ClN4O4+. The van der Waals surface area contributed by atoms with Gasteiger partial charge in [0.15, 0.2) is 22.3 Å². The van der Waals surface area contributed by atoms with Crippen molar-refractivity contribution in [3.63, 3.8) is 0 Å². The van der Waals surface area contributed by atoms with Crippen LogP contribution in [0.25, 0.3) is 6.08 Å². The molecule has 3 rings (SSSR count). The van der Waals surface area contributed by atoms with Gasteiger partial charge in [-0.2, -0.15) is 14.0 Å². The highest BCUT2D eigenvalue weighted by atomic mass is 35.7. The van der Waals surface area contributed by atoms with Gasteiger partial charge in [-0.1, -0.05) is 18.2 Å². The molecule has 0 saturated heterocycles. The minimum atomic E-state index is -4.64. The van der Waals surface area contributed by atoms with Crippen LogP contribution in [0.2, 0.25) is 0 Å². The highest BCUT2D eigenvalue weighted by Gasteiger charge is 2.39. The summed E-state index contributed by atoms with van der Waals surface area (Å²) >= 11 is 0. The van der Waals surface area contributed by atoms with E-state index >= 15 is 0 Å². The molecule has 0 aromatic heterocycles. The summed E-state index contributed by atoms with van der Waals surface area (Å²) in [5, 5.41) is 1.46. The summed E-state index contributed by atoms with van der Waals surface area (Å²) < 4.78 is 37.6. The van der Waals surface area contributed by atoms with Crippen molar-refractivity contribution in [1.82, 2.24) is 10.4 Å². The van der Waals surface area contributed by atoms with Gasteiger partial charge in [0.1, 0.15) is 10.6 Å². The van der Waals surface area contributed by atoms with Crippen LogP contribution in [0.5, 0.6) is 0 Å². The van der Waals surface area contributed by atoms with Crippen LogP contribution >= 0.6 is 0 Å². The van der Waals surface area contributed by atoms with E-state index < -0.39 is 10.2 Å². The first kappa shape index (κ1) is 12.8. The van der Waals surface area contributed by atoms with Crippen molar-refractivity contribution in [2.45, 2.75) is 0 Å². The van der Waals surface area contributed by atoms with Crippen molar-refractivity contribution in [2.75, 3.05) is 0 Å². The lowest BCUT2D eigenvalue weighted by molar-refractivity contribution is -1.94. The van der Waals surface area contributed by atoms with Gasteiger partial charge in [-0.05, 0) is 17.7 Å². The summed E-state index contributed by atoms with van der Waals surface area (Å²) in [6, 6.07) is 7.24. The molecule has 0 radical (unpaired) electrons. The van der Waals surface area contributed by atoms with Gasteiger partial charge >= 0.3 is 5.84 Å². The van der Waals surface area contributed by atoms with Crippen LogP contribution < -0.4 is 25.1 Å². The zero-order valence-electron chi connectivity index (χ0n) is 10.0. The molecule has 2 heterocycles. The van der Waals surface area contributed by atoms with Gasteiger partial charge in [-0.3, -0.25) is 0 Å². The Bertz CT molecular complexity index is 650. The lowest BCUT2D eigenvalue weighted by atomic mass is 10.0. The quantitative estimate of drug-likeness (QED) is 0.552. The van der Waals surface area contributed by atoms with Gasteiger partial charge in [0.05, 0.1) is 10.3 Å². The molecule has 20 heavy (non-hydrogen) atoms. The molecule has 0 atom stereocenters. The zero-order valence-corrected chi connectivity index (χ0v) is 10.8. The molecule has 8 nitrogen and oxygen atoms in total. The van der Waals surface area contributed by atoms with Crippen molar-refractivity contribution in [3.8, 4) is 0 Å². The third-order valence-corrected chi connectivity index (χ3v) is 3.02. The van der Waals surface area contributed by atoms with Crippen LogP contribution in [0.15, 0.2) is 42.5 Å². The smallest absolute Gasteiger partial charge is 0.367 e. The summed E-state index contributed by atoms with van der Waals surface area (Å²) in [4.78, 5) is 0. The second kappa shape index (κ2) is 4.39. The number of fused-ring (bicyclic) bond motifs is 3. The average molecular weight is 298 g/mol. The number of hydrogen-bond donors (Lipinski definition) is 2.